The molecule has 0 fully saturated rings. The van der Waals surface area contributed by atoms with Gasteiger partial charge in [0.05, 0.1) is 11.4 Å². The van der Waals surface area contributed by atoms with E-state index >= 15 is 0 Å². The molecule has 6 nitrogen and oxygen atoms in total. The van der Waals surface area contributed by atoms with Crippen molar-refractivity contribution in [2.45, 2.75) is 40.0 Å². The Balaban J connectivity index is 0.000000170. The Labute approximate surface area is 630 Å². The maximum absolute atomic E-state index is 2.44. The van der Waals surface area contributed by atoms with E-state index in [0.29, 0.717) is 5.92 Å². The summed E-state index contributed by atoms with van der Waals surface area (Å²) in [6, 6.07) is 137. The standard InChI is InChI=1S/C57H52N4.C44H32N2/c1-43-16-13-25-55(40-43)59(46-19-7-4-8-20-46)52-34-28-49(29-35-52)58(50-30-36-53(37-31-50)60(47-21-9-5-10-22-47)56-26-14-17-44(2)41-56)51-32-38-54(39-33-51)61(48-23-11-6-12-24-48)57-27-15-18-45(3)42-57;1-3-17-37(18-4-1)45(43-23-11-15-35-13-7-9-21-41(35)43)39-29-25-33(26-30-39)34-27-31-40(32-28-34)46(38-19-5-2-6-20-38)44-24-12-16-36-14-8-10-22-42(36)44/h4-17,19-30,32-36,38-42,45H,18,31,37H2,1-3H3;1-32H. The summed E-state index contributed by atoms with van der Waals surface area (Å²) >= 11 is 0. The Hall–Kier alpha value is -13.4. The molecule has 0 saturated heterocycles. The van der Waals surface area contributed by atoms with Crippen LogP contribution >= 0.6 is 0 Å². The number of aryl methyl sites for hydroxylation is 2. The second-order valence-electron chi connectivity index (χ2n) is 27.5. The molecule has 0 spiro atoms. The average Bonchev–Trinajstić information content (AvgIpc) is 0.786. The molecule has 15 aromatic rings. The first-order valence-electron chi connectivity index (χ1n) is 37.2. The summed E-state index contributed by atoms with van der Waals surface area (Å²) in [5, 5.41) is 4.90. The van der Waals surface area contributed by atoms with E-state index < -0.39 is 0 Å². The van der Waals surface area contributed by atoms with Crippen LogP contribution in [0.2, 0.25) is 0 Å². The van der Waals surface area contributed by atoms with Crippen LogP contribution in [0.1, 0.15) is 37.3 Å². The minimum Gasteiger partial charge on any atom is -0.314 e. The molecule has 0 amide bonds. The first-order valence-corrected chi connectivity index (χ1v) is 37.2. The fourth-order valence-electron chi connectivity index (χ4n) is 15.0. The molecule has 0 saturated carbocycles. The third kappa shape index (κ3) is 15.1. The Morgan fingerprint density at radius 1 is 0.252 bits per heavy atom. The van der Waals surface area contributed by atoms with Crippen molar-refractivity contribution in [3.8, 4) is 11.1 Å². The van der Waals surface area contributed by atoms with Crippen LogP contribution in [0.5, 0.6) is 0 Å². The summed E-state index contributed by atoms with van der Waals surface area (Å²) in [7, 11) is 0. The quantitative estimate of drug-likeness (QED) is 0.0798. The maximum atomic E-state index is 2.44. The molecule has 107 heavy (non-hydrogen) atoms. The second kappa shape index (κ2) is 31.7. The number of benzene rings is 15. The highest BCUT2D eigenvalue weighted by Crippen LogP contribution is 2.46. The lowest BCUT2D eigenvalue weighted by Crippen LogP contribution is -2.22. The number of allylic oxidation sites excluding steroid dienone is 7. The van der Waals surface area contributed by atoms with Gasteiger partial charge in [0.1, 0.15) is 0 Å². The summed E-state index contributed by atoms with van der Waals surface area (Å²) in [6.45, 7) is 6.60. The molecule has 0 heterocycles. The topological polar surface area (TPSA) is 19.4 Å². The largest absolute Gasteiger partial charge is 0.314 e. The summed E-state index contributed by atoms with van der Waals surface area (Å²) in [5.74, 6) is 0.479. The minimum atomic E-state index is 0.479. The Bertz CT molecular complexity index is 5470. The van der Waals surface area contributed by atoms with Crippen molar-refractivity contribution in [2.75, 3.05) is 29.4 Å². The number of fused-ring (bicyclic) bond motifs is 2. The molecule has 0 bridgehead atoms. The Kier molecular flexibility index (Phi) is 20.1. The smallest absolute Gasteiger partial charge is 0.0540 e. The van der Waals surface area contributed by atoms with Crippen molar-refractivity contribution in [2.24, 2.45) is 5.92 Å². The van der Waals surface area contributed by atoms with Gasteiger partial charge in [0, 0.05) is 102 Å². The first-order chi connectivity index (χ1) is 52.8. The molecule has 0 radical (unpaired) electrons. The van der Waals surface area contributed by atoms with E-state index in [4.69, 9.17) is 0 Å². The highest BCUT2D eigenvalue weighted by atomic mass is 15.2. The zero-order valence-electron chi connectivity index (χ0n) is 60.6. The minimum absolute atomic E-state index is 0.479. The number of hydrogen-bond donors (Lipinski definition) is 0. The van der Waals surface area contributed by atoms with Crippen LogP contribution in [0.25, 0.3) is 32.7 Å². The number of para-hydroxylation sites is 5. The van der Waals surface area contributed by atoms with E-state index in [9.17, 15) is 0 Å². The van der Waals surface area contributed by atoms with Crippen LogP contribution < -0.4 is 29.4 Å². The van der Waals surface area contributed by atoms with Crippen molar-refractivity contribution in [1.29, 1.82) is 0 Å². The lowest BCUT2D eigenvalue weighted by molar-refractivity contribution is 0.726. The van der Waals surface area contributed by atoms with Gasteiger partial charge in [-0.15, -0.1) is 0 Å². The van der Waals surface area contributed by atoms with Crippen molar-refractivity contribution in [3.63, 3.8) is 0 Å². The summed E-state index contributed by atoms with van der Waals surface area (Å²) < 4.78 is 0. The van der Waals surface area contributed by atoms with Crippen LogP contribution in [0, 0.1) is 19.8 Å². The predicted octanol–water partition coefficient (Wildman–Crippen LogP) is 28.5. The molecular weight excluding hydrogens is 1300 g/mol. The molecule has 15 aromatic carbocycles. The van der Waals surface area contributed by atoms with Gasteiger partial charge in [0.2, 0.25) is 0 Å². The van der Waals surface area contributed by atoms with Crippen LogP contribution in [0.15, 0.2) is 430 Å². The zero-order chi connectivity index (χ0) is 72.3. The van der Waals surface area contributed by atoms with Gasteiger partial charge in [-0.1, -0.05) is 231 Å². The van der Waals surface area contributed by atoms with Crippen LogP contribution in [-0.2, 0) is 0 Å². The molecule has 2 aliphatic carbocycles. The number of hydrogen-bond acceptors (Lipinski definition) is 6. The molecule has 1 unspecified atom stereocenters. The molecule has 0 N–H and O–H groups in total. The summed E-state index contributed by atoms with van der Waals surface area (Å²) in [5.41, 5.74) is 25.6. The molecule has 0 aromatic heterocycles. The molecule has 6 heteroatoms. The van der Waals surface area contributed by atoms with E-state index in [-0.39, 0.29) is 0 Å². The molecule has 17 rings (SSSR count). The van der Waals surface area contributed by atoms with E-state index in [1.54, 1.807) is 0 Å². The van der Waals surface area contributed by atoms with Crippen LogP contribution in [-0.4, -0.2) is 0 Å². The van der Waals surface area contributed by atoms with Crippen molar-refractivity contribution in [1.82, 2.24) is 0 Å². The fraction of sp³-hybridized carbons (Fsp3) is 0.0693. The van der Waals surface area contributed by atoms with Gasteiger partial charge in [-0.2, -0.15) is 0 Å². The van der Waals surface area contributed by atoms with Crippen molar-refractivity contribution in [3.05, 3.63) is 441 Å². The van der Waals surface area contributed by atoms with Gasteiger partial charge in [0.25, 0.3) is 0 Å². The van der Waals surface area contributed by atoms with Gasteiger partial charge in [-0.05, 0) is 260 Å². The van der Waals surface area contributed by atoms with Gasteiger partial charge < -0.3 is 29.4 Å². The molecule has 2 aliphatic rings. The highest BCUT2D eigenvalue weighted by molar-refractivity contribution is 6.00. The summed E-state index contributed by atoms with van der Waals surface area (Å²) in [6.07, 6.45) is 14.4. The first kappa shape index (κ1) is 68.0. The number of nitrogens with zero attached hydrogens (tertiary/aromatic N) is 6. The Morgan fingerprint density at radius 2 is 0.542 bits per heavy atom. The fourth-order valence-corrected chi connectivity index (χ4v) is 15.0. The third-order valence-electron chi connectivity index (χ3n) is 20.1. The second-order valence-corrected chi connectivity index (χ2v) is 27.5. The van der Waals surface area contributed by atoms with Crippen molar-refractivity contribution >= 4 is 107 Å². The van der Waals surface area contributed by atoms with Crippen molar-refractivity contribution < 1.29 is 0 Å². The third-order valence-corrected chi connectivity index (χ3v) is 20.1. The van der Waals surface area contributed by atoms with Gasteiger partial charge in [-0.25, -0.2) is 0 Å². The molecule has 1 atom stereocenters. The highest BCUT2D eigenvalue weighted by Gasteiger charge is 2.25. The number of anilines is 15. The Morgan fingerprint density at radius 3 is 0.944 bits per heavy atom. The lowest BCUT2D eigenvalue weighted by Gasteiger charge is -2.34. The van der Waals surface area contributed by atoms with E-state index in [1.165, 1.54) is 66.6 Å². The zero-order valence-corrected chi connectivity index (χ0v) is 60.6. The predicted molar refractivity (Wildman–Crippen MR) is 455 cm³/mol. The lowest BCUT2D eigenvalue weighted by atomic mass is 10.00. The van der Waals surface area contributed by atoms with E-state index in [0.717, 1.165) is 98.9 Å². The van der Waals surface area contributed by atoms with E-state index in [2.05, 4.69) is 463 Å². The van der Waals surface area contributed by atoms with Gasteiger partial charge >= 0.3 is 0 Å². The molecule has 0 aliphatic heterocycles. The summed E-state index contributed by atoms with van der Waals surface area (Å²) in [4.78, 5) is 14.2. The van der Waals surface area contributed by atoms with Gasteiger partial charge in [0.15, 0.2) is 0 Å². The van der Waals surface area contributed by atoms with Crippen LogP contribution in [0.3, 0.4) is 0 Å². The monoisotopic (exact) mass is 1380 g/mol. The molecule has 518 valence electrons. The van der Waals surface area contributed by atoms with Gasteiger partial charge in [-0.3, -0.25) is 0 Å². The normalized spacial score (nSPS) is 13.1. The average molecular weight is 1380 g/mol. The maximum Gasteiger partial charge on any atom is 0.0540 e. The molecular formula is C101H84N6. The SMILES string of the molecule is Cc1cccc(N(C2=CC=C(N(c3ccc(N(C4=CC(C)CC=C4)c4ccccc4)cc3)c3ccc(N(c4ccccc4)c4cccc(C)c4)cc3)CC2)c2ccccc2)c1.c1ccc(N(c2ccc(-c3ccc(N(c4ccccc4)c4cccc5ccccc45)cc3)cc2)c2cccc3ccccc23)cc1. The number of rotatable bonds is 19. The van der Waals surface area contributed by atoms with Crippen LogP contribution in [0.4, 0.5) is 85.3 Å². The van der Waals surface area contributed by atoms with E-state index in [1.807, 2.05) is 0 Å².